The second kappa shape index (κ2) is 11.4. The van der Waals surface area contributed by atoms with Gasteiger partial charge in [-0.1, -0.05) is 59.8 Å². The van der Waals surface area contributed by atoms with E-state index in [2.05, 4.69) is 10.6 Å². The lowest BCUT2D eigenvalue weighted by Crippen LogP contribution is -2.31. The Balaban J connectivity index is 1.54. The number of carbonyl (C=O) groups excluding carboxylic acids is 1. The minimum absolute atomic E-state index is 0.239. The molecule has 1 amide bonds. The smallest absolute Gasteiger partial charge is 0.255 e. The van der Waals surface area contributed by atoms with E-state index in [1.54, 1.807) is 18.9 Å². The highest BCUT2D eigenvalue weighted by Gasteiger charge is 2.35. The van der Waals surface area contributed by atoms with Crippen molar-refractivity contribution in [3.05, 3.63) is 99.7 Å². The largest absolute Gasteiger partial charge is 0.493 e. The quantitative estimate of drug-likeness (QED) is 0.238. The van der Waals surface area contributed by atoms with Crippen LogP contribution in [0.2, 0.25) is 5.02 Å². The number of anilines is 2. The predicted molar refractivity (Wildman–Crippen MR) is 155 cm³/mol. The molecule has 200 valence electrons. The van der Waals surface area contributed by atoms with Crippen LogP contribution >= 0.6 is 23.4 Å². The number of benzene rings is 3. The monoisotopic (exact) mass is 561 g/mol. The van der Waals surface area contributed by atoms with Gasteiger partial charge in [0.2, 0.25) is 11.1 Å². The Morgan fingerprint density at radius 1 is 1.05 bits per heavy atom. The van der Waals surface area contributed by atoms with E-state index in [4.69, 9.17) is 31.2 Å². The lowest BCUT2D eigenvalue weighted by molar-refractivity contribution is -0.113. The van der Waals surface area contributed by atoms with Crippen LogP contribution in [0.15, 0.2) is 83.2 Å². The minimum Gasteiger partial charge on any atom is -0.493 e. The molecule has 0 radical (unpaired) electrons. The molecule has 2 N–H and O–H groups in total. The van der Waals surface area contributed by atoms with E-state index in [0.717, 1.165) is 16.7 Å². The van der Waals surface area contributed by atoms with Crippen molar-refractivity contribution in [1.82, 2.24) is 14.8 Å². The van der Waals surface area contributed by atoms with Crippen molar-refractivity contribution >= 4 is 40.9 Å². The van der Waals surface area contributed by atoms with E-state index in [9.17, 15) is 4.79 Å². The number of carbonyl (C=O) groups is 1. The Labute approximate surface area is 236 Å². The number of nitrogens with one attached hydrogen (secondary N) is 2. The van der Waals surface area contributed by atoms with E-state index < -0.39 is 6.04 Å². The highest BCUT2D eigenvalue weighted by molar-refractivity contribution is 7.98. The first kappa shape index (κ1) is 26.6. The van der Waals surface area contributed by atoms with Crippen LogP contribution in [0.5, 0.6) is 11.5 Å². The third kappa shape index (κ3) is 5.60. The van der Waals surface area contributed by atoms with Crippen LogP contribution in [-0.4, -0.2) is 34.9 Å². The van der Waals surface area contributed by atoms with Crippen molar-refractivity contribution in [2.45, 2.75) is 30.8 Å². The summed E-state index contributed by atoms with van der Waals surface area (Å²) in [7, 11) is 3.17. The molecule has 1 unspecified atom stereocenters. The van der Waals surface area contributed by atoms with E-state index in [1.807, 2.05) is 80.6 Å². The molecule has 2 heterocycles. The third-order valence-corrected chi connectivity index (χ3v) is 7.65. The number of aromatic nitrogens is 3. The van der Waals surface area contributed by atoms with Crippen LogP contribution in [0, 0.1) is 6.92 Å². The number of allylic oxidation sites excluding steroid dienone is 1. The maximum Gasteiger partial charge on any atom is 0.255 e. The van der Waals surface area contributed by atoms with Crippen molar-refractivity contribution in [2.24, 2.45) is 0 Å². The molecule has 0 saturated heterocycles. The zero-order valence-electron chi connectivity index (χ0n) is 22.0. The van der Waals surface area contributed by atoms with Crippen molar-refractivity contribution in [2.75, 3.05) is 24.9 Å². The Morgan fingerprint density at radius 3 is 2.59 bits per heavy atom. The summed E-state index contributed by atoms with van der Waals surface area (Å²) in [5.74, 6) is 2.06. The molecule has 0 spiro atoms. The molecule has 1 aliphatic heterocycles. The average molecular weight is 562 g/mol. The standard InChI is InChI=1S/C29H28ClN5O3S/c1-17-8-7-10-21(14-17)32-27(36)25-18(2)31-28-33-29(39-16-20-9-5-6-11-22(20)30)34-35(28)26(25)19-12-13-23(37-3)24(15-19)38-4/h5-15,26H,16H2,1-4H3,(H,32,36)(H,31,33,34). The first-order valence-electron chi connectivity index (χ1n) is 12.3. The number of amides is 1. The maximum absolute atomic E-state index is 13.8. The Hall–Kier alpha value is -3.95. The molecule has 0 aliphatic carbocycles. The van der Waals surface area contributed by atoms with Crippen LogP contribution in [-0.2, 0) is 10.5 Å². The van der Waals surface area contributed by atoms with Crippen LogP contribution in [0.1, 0.15) is 29.7 Å². The lowest BCUT2D eigenvalue weighted by Gasteiger charge is -2.29. The fourth-order valence-electron chi connectivity index (χ4n) is 4.50. The molecule has 8 nitrogen and oxygen atoms in total. The number of fused-ring (bicyclic) bond motifs is 1. The number of halogens is 1. The predicted octanol–water partition coefficient (Wildman–Crippen LogP) is 6.48. The first-order valence-corrected chi connectivity index (χ1v) is 13.6. The van der Waals surface area contributed by atoms with Gasteiger partial charge in [-0.3, -0.25) is 4.79 Å². The molecule has 0 saturated carbocycles. The summed E-state index contributed by atoms with van der Waals surface area (Å²) in [5.41, 5.74) is 4.76. The average Bonchev–Trinajstić information content (AvgIpc) is 3.33. The van der Waals surface area contributed by atoms with Crippen molar-refractivity contribution in [3.63, 3.8) is 0 Å². The molecule has 5 rings (SSSR count). The summed E-state index contributed by atoms with van der Waals surface area (Å²) in [6.45, 7) is 3.85. The Kier molecular flexibility index (Phi) is 7.81. The Bertz CT molecular complexity index is 1570. The Morgan fingerprint density at radius 2 is 1.85 bits per heavy atom. The van der Waals surface area contributed by atoms with Crippen LogP contribution in [0.4, 0.5) is 11.6 Å². The molecule has 3 aromatic carbocycles. The van der Waals surface area contributed by atoms with Gasteiger partial charge in [-0.2, -0.15) is 4.98 Å². The van der Waals surface area contributed by atoms with E-state index in [1.165, 1.54) is 11.8 Å². The second-order valence-electron chi connectivity index (χ2n) is 9.05. The minimum atomic E-state index is -0.562. The highest BCUT2D eigenvalue weighted by Crippen LogP contribution is 2.40. The summed E-state index contributed by atoms with van der Waals surface area (Å²) in [6.07, 6.45) is 0. The SMILES string of the molecule is COc1ccc(C2C(C(=O)Nc3cccc(C)c3)=C(C)Nc3nc(SCc4ccccc4Cl)nn32)cc1OC. The van der Waals surface area contributed by atoms with Gasteiger partial charge in [-0.15, -0.1) is 5.10 Å². The molecule has 1 aliphatic rings. The third-order valence-electron chi connectivity index (χ3n) is 6.39. The molecule has 39 heavy (non-hydrogen) atoms. The van der Waals surface area contributed by atoms with Gasteiger partial charge in [-0.25, -0.2) is 4.68 Å². The summed E-state index contributed by atoms with van der Waals surface area (Å²) < 4.78 is 12.8. The van der Waals surface area contributed by atoms with Crippen molar-refractivity contribution in [3.8, 4) is 11.5 Å². The maximum atomic E-state index is 13.8. The molecule has 1 aromatic heterocycles. The molecule has 4 aromatic rings. The summed E-state index contributed by atoms with van der Waals surface area (Å²) in [4.78, 5) is 18.5. The number of thioether (sulfide) groups is 1. The number of aryl methyl sites for hydroxylation is 1. The van der Waals surface area contributed by atoms with Crippen LogP contribution < -0.4 is 20.1 Å². The molecule has 1 atom stereocenters. The number of methoxy groups -OCH3 is 2. The number of hydrogen-bond acceptors (Lipinski definition) is 7. The zero-order chi connectivity index (χ0) is 27.5. The summed E-state index contributed by atoms with van der Waals surface area (Å²) in [5, 5.41) is 12.4. The summed E-state index contributed by atoms with van der Waals surface area (Å²) >= 11 is 7.83. The summed E-state index contributed by atoms with van der Waals surface area (Å²) in [6, 6.07) is 20.4. The zero-order valence-corrected chi connectivity index (χ0v) is 23.6. The highest BCUT2D eigenvalue weighted by atomic mass is 35.5. The van der Waals surface area contributed by atoms with Gasteiger partial charge in [0.05, 0.1) is 19.8 Å². The first-order chi connectivity index (χ1) is 18.9. The topological polar surface area (TPSA) is 90.3 Å². The molecular formula is C29H28ClN5O3S. The second-order valence-corrected chi connectivity index (χ2v) is 10.4. The van der Waals surface area contributed by atoms with Gasteiger partial charge >= 0.3 is 0 Å². The van der Waals surface area contributed by atoms with Crippen LogP contribution in [0.25, 0.3) is 0 Å². The van der Waals surface area contributed by atoms with E-state index >= 15 is 0 Å². The van der Waals surface area contributed by atoms with Crippen molar-refractivity contribution < 1.29 is 14.3 Å². The molecule has 10 heteroatoms. The molecule has 0 fully saturated rings. The van der Waals surface area contributed by atoms with Gasteiger partial charge < -0.3 is 20.1 Å². The van der Waals surface area contributed by atoms with Crippen molar-refractivity contribution in [1.29, 1.82) is 0 Å². The molecular weight excluding hydrogens is 534 g/mol. The van der Waals surface area contributed by atoms with E-state index in [0.29, 0.717) is 50.3 Å². The van der Waals surface area contributed by atoms with E-state index in [-0.39, 0.29) is 5.91 Å². The van der Waals surface area contributed by atoms with Gasteiger partial charge in [0.15, 0.2) is 11.5 Å². The molecule has 0 bridgehead atoms. The number of ether oxygens (including phenoxy) is 2. The van der Waals surface area contributed by atoms with Gasteiger partial charge in [0.1, 0.15) is 6.04 Å². The normalized spacial score (nSPS) is 14.4. The fraction of sp³-hybridized carbons (Fsp3) is 0.207. The van der Waals surface area contributed by atoms with Gasteiger partial charge in [0, 0.05) is 22.2 Å². The van der Waals surface area contributed by atoms with Crippen LogP contribution in [0.3, 0.4) is 0 Å². The number of hydrogen-bond donors (Lipinski definition) is 2. The number of rotatable bonds is 8. The lowest BCUT2D eigenvalue weighted by atomic mass is 9.94. The van der Waals surface area contributed by atoms with Gasteiger partial charge in [0.25, 0.3) is 5.91 Å². The van der Waals surface area contributed by atoms with Gasteiger partial charge in [-0.05, 0) is 60.9 Å². The number of nitrogens with zero attached hydrogens (tertiary/aromatic N) is 3. The fourth-order valence-corrected chi connectivity index (χ4v) is 5.61.